The molecular formula is C22H19N3O3. The molecule has 6 nitrogen and oxygen atoms in total. The monoisotopic (exact) mass is 373 g/mol. The first-order chi connectivity index (χ1) is 13.8. The summed E-state index contributed by atoms with van der Waals surface area (Å²) in [6, 6.07) is 23.1. The third kappa shape index (κ3) is 4.17. The van der Waals surface area contributed by atoms with E-state index in [4.69, 9.17) is 8.94 Å². The second-order valence-electron chi connectivity index (χ2n) is 6.29. The van der Waals surface area contributed by atoms with Gasteiger partial charge >= 0.3 is 0 Å². The number of anilines is 1. The number of aryl methyl sites for hydroxylation is 1. The van der Waals surface area contributed by atoms with Gasteiger partial charge in [-0.15, -0.1) is 0 Å². The van der Waals surface area contributed by atoms with Gasteiger partial charge in [-0.25, -0.2) is 0 Å². The smallest absolute Gasteiger partial charge is 0.238 e. The van der Waals surface area contributed by atoms with Gasteiger partial charge in [0, 0.05) is 18.5 Å². The van der Waals surface area contributed by atoms with Crippen LogP contribution < -0.4 is 4.90 Å². The number of para-hydroxylation sites is 1. The molecule has 0 saturated heterocycles. The highest BCUT2D eigenvalue weighted by molar-refractivity contribution is 5.93. The molecule has 0 bridgehead atoms. The van der Waals surface area contributed by atoms with Crippen molar-refractivity contribution in [3.05, 3.63) is 90.5 Å². The van der Waals surface area contributed by atoms with Gasteiger partial charge in [-0.3, -0.25) is 4.79 Å². The Morgan fingerprint density at radius 1 is 0.929 bits per heavy atom. The number of hydrogen-bond donors (Lipinski definition) is 0. The maximum atomic E-state index is 13.0. The number of carbonyl (C=O) groups excluding carboxylic acids is 1. The van der Waals surface area contributed by atoms with E-state index in [1.165, 1.54) is 0 Å². The van der Waals surface area contributed by atoms with Crippen LogP contribution in [0.1, 0.15) is 17.9 Å². The third-order valence-electron chi connectivity index (χ3n) is 4.31. The van der Waals surface area contributed by atoms with Gasteiger partial charge < -0.3 is 13.8 Å². The highest BCUT2D eigenvalue weighted by atomic mass is 16.5. The fraction of sp³-hybridized carbons (Fsp3) is 0.136. The van der Waals surface area contributed by atoms with Crippen molar-refractivity contribution in [1.29, 1.82) is 0 Å². The zero-order chi connectivity index (χ0) is 19.2. The second-order valence-corrected chi connectivity index (χ2v) is 6.29. The van der Waals surface area contributed by atoms with E-state index >= 15 is 0 Å². The van der Waals surface area contributed by atoms with Gasteiger partial charge in [-0.2, -0.15) is 4.98 Å². The molecule has 0 atom stereocenters. The van der Waals surface area contributed by atoms with Crippen molar-refractivity contribution in [3.8, 4) is 11.6 Å². The molecule has 2 aromatic heterocycles. The van der Waals surface area contributed by atoms with E-state index in [1.807, 2.05) is 60.7 Å². The van der Waals surface area contributed by atoms with Crippen LogP contribution in [-0.4, -0.2) is 16.0 Å². The van der Waals surface area contributed by atoms with Crippen LogP contribution in [0.2, 0.25) is 0 Å². The minimum absolute atomic E-state index is 0.00667. The van der Waals surface area contributed by atoms with Crippen LogP contribution >= 0.6 is 0 Å². The van der Waals surface area contributed by atoms with E-state index in [9.17, 15) is 4.79 Å². The van der Waals surface area contributed by atoms with Crippen LogP contribution in [0.15, 0.2) is 88.0 Å². The van der Waals surface area contributed by atoms with Gasteiger partial charge in [0.15, 0.2) is 5.76 Å². The summed E-state index contributed by atoms with van der Waals surface area (Å²) < 4.78 is 10.5. The lowest BCUT2D eigenvalue weighted by atomic mass is 10.1. The lowest BCUT2D eigenvalue weighted by Gasteiger charge is -2.23. The summed E-state index contributed by atoms with van der Waals surface area (Å²) >= 11 is 0. The van der Waals surface area contributed by atoms with E-state index in [1.54, 1.807) is 23.3 Å². The van der Waals surface area contributed by atoms with Crippen LogP contribution in [0.5, 0.6) is 0 Å². The topological polar surface area (TPSA) is 72.4 Å². The Balaban J connectivity index is 1.46. The number of amides is 1. The number of hydrogen-bond acceptors (Lipinski definition) is 5. The van der Waals surface area contributed by atoms with E-state index < -0.39 is 0 Å². The molecule has 6 heteroatoms. The van der Waals surface area contributed by atoms with Gasteiger partial charge in [0.1, 0.15) is 0 Å². The van der Waals surface area contributed by atoms with Gasteiger partial charge in [-0.05, 0) is 29.8 Å². The Bertz CT molecular complexity index is 1010. The molecule has 28 heavy (non-hydrogen) atoms. The van der Waals surface area contributed by atoms with Crippen molar-refractivity contribution >= 4 is 11.6 Å². The molecule has 0 spiro atoms. The predicted molar refractivity (Wildman–Crippen MR) is 104 cm³/mol. The summed E-state index contributed by atoms with van der Waals surface area (Å²) in [4.78, 5) is 19.0. The summed E-state index contributed by atoms with van der Waals surface area (Å²) in [5, 5.41) is 3.90. The van der Waals surface area contributed by atoms with Crippen LogP contribution in [0.25, 0.3) is 11.6 Å². The number of nitrogens with zero attached hydrogens (tertiary/aromatic N) is 3. The molecule has 0 aliphatic rings. The van der Waals surface area contributed by atoms with Crippen molar-refractivity contribution in [2.24, 2.45) is 0 Å². The maximum Gasteiger partial charge on any atom is 0.238 e. The minimum Gasteiger partial charge on any atom is -0.461 e. The average Bonchev–Trinajstić information content (AvgIpc) is 3.43. The molecule has 0 unspecified atom stereocenters. The predicted octanol–water partition coefficient (Wildman–Crippen LogP) is 4.50. The average molecular weight is 373 g/mol. The fourth-order valence-electron chi connectivity index (χ4n) is 2.91. The Kier molecular flexibility index (Phi) is 5.29. The minimum atomic E-state index is -0.00667. The van der Waals surface area contributed by atoms with Crippen molar-refractivity contribution in [2.45, 2.75) is 19.4 Å². The Morgan fingerprint density at radius 3 is 2.39 bits per heavy atom. The fourth-order valence-corrected chi connectivity index (χ4v) is 2.91. The quantitative estimate of drug-likeness (QED) is 0.477. The van der Waals surface area contributed by atoms with Crippen LogP contribution in [0, 0.1) is 0 Å². The molecule has 0 aliphatic heterocycles. The van der Waals surface area contributed by atoms with E-state index in [0.717, 1.165) is 11.3 Å². The number of benzene rings is 2. The molecule has 0 saturated carbocycles. The first-order valence-corrected chi connectivity index (χ1v) is 9.05. The standard InChI is InChI=1S/C22H19N3O3/c26-21(14-13-20-23-22(24-28-20)19-12-7-15-27-19)25(18-10-5-2-6-11-18)16-17-8-3-1-4-9-17/h1-12,15H,13-14,16H2. The van der Waals surface area contributed by atoms with E-state index in [0.29, 0.717) is 30.4 Å². The largest absolute Gasteiger partial charge is 0.461 e. The zero-order valence-electron chi connectivity index (χ0n) is 15.2. The summed E-state index contributed by atoms with van der Waals surface area (Å²) in [5.74, 6) is 1.33. The molecule has 0 radical (unpaired) electrons. The zero-order valence-corrected chi connectivity index (χ0v) is 15.2. The van der Waals surface area contributed by atoms with Gasteiger partial charge in [-0.1, -0.05) is 53.7 Å². The third-order valence-corrected chi connectivity index (χ3v) is 4.31. The molecule has 0 fully saturated rings. The van der Waals surface area contributed by atoms with Crippen molar-refractivity contribution < 1.29 is 13.7 Å². The lowest BCUT2D eigenvalue weighted by molar-refractivity contribution is -0.118. The molecule has 140 valence electrons. The maximum absolute atomic E-state index is 13.0. The van der Waals surface area contributed by atoms with E-state index in [-0.39, 0.29) is 12.3 Å². The molecule has 4 rings (SSSR count). The Labute approximate surface area is 162 Å². The first-order valence-electron chi connectivity index (χ1n) is 9.05. The Morgan fingerprint density at radius 2 is 1.68 bits per heavy atom. The van der Waals surface area contributed by atoms with Gasteiger partial charge in [0.25, 0.3) is 0 Å². The summed E-state index contributed by atoms with van der Waals surface area (Å²) in [5.41, 5.74) is 1.93. The summed E-state index contributed by atoms with van der Waals surface area (Å²) in [7, 11) is 0. The second kappa shape index (κ2) is 8.35. The molecule has 0 aliphatic carbocycles. The van der Waals surface area contributed by atoms with Crippen molar-refractivity contribution in [1.82, 2.24) is 10.1 Å². The van der Waals surface area contributed by atoms with Crippen LogP contribution in [0.3, 0.4) is 0 Å². The van der Waals surface area contributed by atoms with Crippen molar-refractivity contribution in [3.63, 3.8) is 0 Å². The highest BCUT2D eigenvalue weighted by Gasteiger charge is 2.18. The first kappa shape index (κ1) is 17.7. The van der Waals surface area contributed by atoms with Crippen LogP contribution in [0.4, 0.5) is 5.69 Å². The molecular weight excluding hydrogens is 354 g/mol. The molecule has 2 heterocycles. The van der Waals surface area contributed by atoms with Crippen LogP contribution in [-0.2, 0) is 17.8 Å². The lowest BCUT2D eigenvalue weighted by Crippen LogP contribution is -2.30. The summed E-state index contributed by atoms with van der Waals surface area (Å²) in [6.45, 7) is 0.505. The molecule has 1 amide bonds. The summed E-state index contributed by atoms with van der Waals surface area (Å²) in [6.07, 6.45) is 2.18. The number of furan rings is 1. The normalized spacial score (nSPS) is 10.7. The number of aromatic nitrogens is 2. The number of rotatable bonds is 7. The molecule has 4 aromatic rings. The van der Waals surface area contributed by atoms with Crippen molar-refractivity contribution in [2.75, 3.05) is 4.90 Å². The number of carbonyl (C=O) groups is 1. The SMILES string of the molecule is O=C(CCc1nc(-c2ccco2)no1)N(Cc1ccccc1)c1ccccc1. The van der Waals surface area contributed by atoms with Gasteiger partial charge in [0.2, 0.25) is 17.6 Å². The van der Waals surface area contributed by atoms with E-state index in [2.05, 4.69) is 10.1 Å². The highest BCUT2D eigenvalue weighted by Crippen LogP contribution is 2.20. The molecule has 2 aromatic carbocycles. The molecule has 0 N–H and O–H groups in total. The van der Waals surface area contributed by atoms with Gasteiger partial charge in [0.05, 0.1) is 12.8 Å². The Hall–Kier alpha value is -3.67.